The zero-order chi connectivity index (χ0) is 10.9. The molecule has 2 aliphatic rings. The standard InChI is InChI=1S/C11H20N2O2/c1-2-11(3-4-12-7-11)10(15)13-8-5-9(14)6-8/h8-9,12,14H,2-7H2,1H3,(H,13,15). The normalized spacial score (nSPS) is 39.9. The summed E-state index contributed by atoms with van der Waals surface area (Å²) in [6, 6.07) is 0.205. The molecule has 4 nitrogen and oxygen atoms in total. The van der Waals surface area contributed by atoms with Crippen molar-refractivity contribution in [3.63, 3.8) is 0 Å². The number of nitrogens with one attached hydrogen (secondary N) is 2. The lowest BCUT2D eigenvalue weighted by molar-refractivity contribution is -0.132. The van der Waals surface area contributed by atoms with E-state index in [9.17, 15) is 4.79 Å². The molecule has 1 heterocycles. The second-order valence-electron chi connectivity index (χ2n) is 4.86. The maximum atomic E-state index is 12.1. The Morgan fingerprint density at radius 2 is 2.33 bits per heavy atom. The summed E-state index contributed by atoms with van der Waals surface area (Å²) in [6.45, 7) is 3.81. The molecule has 1 atom stereocenters. The molecule has 1 saturated carbocycles. The average Bonchev–Trinajstić information content (AvgIpc) is 2.64. The first-order chi connectivity index (χ1) is 7.16. The van der Waals surface area contributed by atoms with Crippen molar-refractivity contribution in [3.8, 4) is 0 Å². The molecule has 0 aromatic rings. The fourth-order valence-corrected chi connectivity index (χ4v) is 2.44. The first kappa shape index (κ1) is 10.9. The van der Waals surface area contributed by atoms with E-state index in [0.29, 0.717) is 0 Å². The van der Waals surface area contributed by atoms with E-state index < -0.39 is 0 Å². The van der Waals surface area contributed by atoms with Crippen molar-refractivity contribution in [2.75, 3.05) is 13.1 Å². The van der Waals surface area contributed by atoms with Crippen LogP contribution in [0.1, 0.15) is 32.6 Å². The zero-order valence-electron chi connectivity index (χ0n) is 9.25. The third-order valence-corrected chi connectivity index (χ3v) is 3.85. The third kappa shape index (κ3) is 2.01. The molecule has 1 amide bonds. The zero-order valence-corrected chi connectivity index (χ0v) is 9.25. The average molecular weight is 212 g/mol. The lowest BCUT2D eigenvalue weighted by Gasteiger charge is -2.35. The Labute approximate surface area is 90.4 Å². The van der Waals surface area contributed by atoms with Crippen LogP contribution in [0, 0.1) is 5.41 Å². The van der Waals surface area contributed by atoms with Gasteiger partial charge in [0, 0.05) is 12.6 Å². The van der Waals surface area contributed by atoms with Crippen LogP contribution in [-0.4, -0.2) is 36.2 Å². The fourth-order valence-electron chi connectivity index (χ4n) is 2.44. The number of hydrogen-bond acceptors (Lipinski definition) is 3. The molecule has 0 radical (unpaired) electrons. The second-order valence-corrected chi connectivity index (χ2v) is 4.86. The third-order valence-electron chi connectivity index (χ3n) is 3.85. The number of hydrogen-bond donors (Lipinski definition) is 3. The molecular weight excluding hydrogens is 192 g/mol. The topological polar surface area (TPSA) is 61.4 Å². The van der Waals surface area contributed by atoms with E-state index in [0.717, 1.165) is 38.8 Å². The highest BCUT2D eigenvalue weighted by atomic mass is 16.3. The van der Waals surface area contributed by atoms with Crippen LogP contribution in [0.4, 0.5) is 0 Å². The highest BCUT2D eigenvalue weighted by molar-refractivity contribution is 5.83. The van der Waals surface area contributed by atoms with Crippen molar-refractivity contribution in [3.05, 3.63) is 0 Å². The number of aliphatic hydroxyl groups is 1. The Morgan fingerprint density at radius 1 is 1.60 bits per heavy atom. The van der Waals surface area contributed by atoms with Crippen molar-refractivity contribution in [2.45, 2.75) is 44.8 Å². The summed E-state index contributed by atoms with van der Waals surface area (Å²) in [5.74, 6) is 0.173. The summed E-state index contributed by atoms with van der Waals surface area (Å²) in [5, 5.41) is 15.4. The molecule has 1 unspecified atom stereocenters. The fraction of sp³-hybridized carbons (Fsp3) is 0.909. The minimum atomic E-state index is -0.199. The van der Waals surface area contributed by atoms with Crippen LogP contribution in [0.2, 0.25) is 0 Å². The van der Waals surface area contributed by atoms with Gasteiger partial charge in [0.25, 0.3) is 0 Å². The van der Waals surface area contributed by atoms with E-state index in [-0.39, 0.29) is 23.5 Å². The highest BCUT2D eigenvalue weighted by Crippen LogP contribution is 2.31. The summed E-state index contributed by atoms with van der Waals surface area (Å²) in [7, 11) is 0. The van der Waals surface area contributed by atoms with Gasteiger partial charge in [0.1, 0.15) is 0 Å². The van der Waals surface area contributed by atoms with Gasteiger partial charge < -0.3 is 15.7 Å². The molecule has 0 aromatic heterocycles. The second kappa shape index (κ2) is 4.10. The predicted octanol–water partition coefficient (Wildman–Crippen LogP) is 0.0156. The van der Waals surface area contributed by atoms with Gasteiger partial charge in [-0.2, -0.15) is 0 Å². The van der Waals surface area contributed by atoms with Gasteiger partial charge in [-0.1, -0.05) is 6.92 Å². The molecule has 1 aliphatic heterocycles. The quantitative estimate of drug-likeness (QED) is 0.618. The Balaban J connectivity index is 1.88. The predicted molar refractivity (Wildman–Crippen MR) is 57.4 cm³/mol. The number of aliphatic hydroxyl groups excluding tert-OH is 1. The van der Waals surface area contributed by atoms with Gasteiger partial charge in [-0.25, -0.2) is 0 Å². The number of rotatable bonds is 3. The molecule has 3 N–H and O–H groups in total. The molecule has 4 heteroatoms. The van der Waals surface area contributed by atoms with E-state index in [2.05, 4.69) is 17.6 Å². The van der Waals surface area contributed by atoms with Crippen LogP contribution in [0.15, 0.2) is 0 Å². The minimum Gasteiger partial charge on any atom is -0.393 e. The summed E-state index contributed by atoms with van der Waals surface area (Å²) in [5.41, 5.74) is -0.194. The van der Waals surface area contributed by atoms with Gasteiger partial charge in [-0.05, 0) is 32.2 Å². The largest absolute Gasteiger partial charge is 0.393 e. The molecule has 15 heavy (non-hydrogen) atoms. The molecule has 1 saturated heterocycles. The Morgan fingerprint density at radius 3 is 2.80 bits per heavy atom. The molecule has 2 rings (SSSR count). The van der Waals surface area contributed by atoms with Gasteiger partial charge in [-0.15, -0.1) is 0 Å². The van der Waals surface area contributed by atoms with Gasteiger partial charge >= 0.3 is 0 Å². The van der Waals surface area contributed by atoms with Crippen LogP contribution in [0.25, 0.3) is 0 Å². The van der Waals surface area contributed by atoms with E-state index in [1.807, 2.05) is 0 Å². The molecule has 0 bridgehead atoms. The Kier molecular flexibility index (Phi) is 2.98. The monoisotopic (exact) mass is 212 g/mol. The van der Waals surface area contributed by atoms with Crippen LogP contribution in [-0.2, 0) is 4.79 Å². The van der Waals surface area contributed by atoms with Crippen LogP contribution < -0.4 is 10.6 Å². The lowest BCUT2D eigenvalue weighted by atomic mass is 9.81. The van der Waals surface area contributed by atoms with E-state index in [1.54, 1.807) is 0 Å². The van der Waals surface area contributed by atoms with E-state index in [4.69, 9.17) is 5.11 Å². The van der Waals surface area contributed by atoms with Gasteiger partial charge in [0.05, 0.1) is 11.5 Å². The highest BCUT2D eigenvalue weighted by Gasteiger charge is 2.41. The summed E-state index contributed by atoms with van der Waals surface area (Å²) in [4.78, 5) is 12.1. The maximum Gasteiger partial charge on any atom is 0.227 e. The van der Waals surface area contributed by atoms with Crippen molar-refractivity contribution < 1.29 is 9.90 Å². The summed E-state index contributed by atoms with van der Waals surface area (Å²) >= 11 is 0. The molecule has 0 spiro atoms. The van der Waals surface area contributed by atoms with Crippen LogP contribution in [0.3, 0.4) is 0 Å². The van der Waals surface area contributed by atoms with Crippen molar-refractivity contribution >= 4 is 5.91 Å². The molecule has 86 valence electrons. The molecule has 2 fully saturated rings. The Hall–Kier alpha value is -0.610. The van der Waals surface area contributed by atoms with Crippen LogP contribution in [0.5, 0.6) is 0 Å². The van der Waals surface area contributed by atoms with Gasteiger partial charge in [0.2, 0.25) is 5.91 Å². The molecular formula is C11H20N2O2. The summed E-state index contributed by atoms with van der Waals surface area (Å²) in [6.07, 6.45) is 3.07. The number of carbonyl (C=O) groups excluding carboxylic acids is 1. The van der Waals surface area contributed by atoms with Crippen LogP contribution >= 0.6 is 0 Å². The van der Waals surface area contributed by atoms with Crippen molar-refractivity contribution in [1.29, 1.82) is 0 Å². The van der Waals surface area contributed by atoms with E-state index >= 15 is 0 Å². The molecule has 0 aromatic carbocycles. The molecule has 1 aliphatic carbocycles. The van der Waals surface area contributed by atoms with E-state index in [1.165, 1.54) is 0 Å². The first-order valence-electron chi connectivity index (χ1n) is 5.86. The van der Waals surface area contributed by atoms with Gasteiger partial charge in [-0.3, -0.25) is 4.79 Å². The maximum absolute atomic E-state index is 12.1. The smallest absolute Gasteiger partial charge is 0.227 e. The minimum absolute atomic E-state index is 0.173. The number of amides is 1. The Bertz CT molecular complexity index is 243. The summed E-state index contributed by atoms with van der Waals surface area (Å²) < 4.78 is 0. The van der Waals surface area contributed by atoms with Gasteiger partial charge in [0.15, 0.2) is 0 Å². The first-order valence-corrected chi connectivity index (χ1v) is 5.86. The van der Waals surface area contributed by atoms with Crippen molar-refractivity contribution in [1.82, 2.24) is 10.6 Å². The lowest BCUT2D eigenvalue weighted by Crippen LogP contribution is -2.52. The van der Waals surface area contributed by atoms with Crippen molar-refractivity contribution in [2.24, 2.45) is 5.41 Å². The number of carbonyl (C=O) groups is 1. The SMILES string of the molecule is CCC1(C(=O)NC2CC(O)C2)CCNC1.